The van der Waals surface area contributed by atoms with E-state index in [1.54, 1.807) is 11.8 Å². The lowest BCUT2D eigenvalue weighted by molar-refractivity contribution is -0.140. The molecule has 0 N–H and O–H groups in total. The number of nitrogens with zero attached hydrogens (tertiary/aromatic N) is 6. The van der Waals surface area contributed by atoms with Gasteiger partial charge < -0.3 is 14.4 Å². The van der Waals surface area contributed by atoms with Crippen LogP contribution in [0.3, 0.4) is 0 Å². The van der Waals surface area contributed by atoms with E-state index in [9.17, 15) is 9.59 Å². The van der Waals surface area contributed by atoms with Crippen LogP contribution < -0.4 is 0 Å². The van der Waals surface area contributed by atoms with Gasteiger partial charge in [0, 0.05) is 54.7 Å². The average molecular weight is 625 g/mol. The summed E-state index contributed by atoms with van der Waals surface area (Å²) in [4.78, 5) is 35.7. The summed E-state index contributed by atoms with van der Waals surface area (Å²) < 4.78 is 2.22. The molecule has 2 amide bonds. The van der Waals surface area contributed by atoms with Crippen molar-refractivity contribution >= 4 is 57.4 Å². The SMILES string of the molecule is Cc1ccc2c(c1)c1nnc(SCCCC(=O)N3CCN(C(=O)CSc4ccccc4)C(C)C3)nc1n2Cc1ccccc1. The highest BCUT2D eigenvalue weighted by molar-refractivity contribution is 8.00. The van der Waals surface area contributed by atoms with Gasteiger partial charge >= 0.3 is 0 Å². The monoisotopic (exact) mass is 624 g/mol. The number of aromatic nitrogens is 4. The highest BCUT2D eigenvalue weighted by Gasteiger charge is 2.29. The van der Waals surface area contributed by atoms with Crippen molar-refractivity contribution in [1.29, 1.82) is 0 Å². The first-order valence-electron chi connectivity index (χ1n) is 15.0. The molecule has 3 aromatic carbocycles. The van der Waals surface area contributed by atoms with Crippen LogP contribution >= 0.6 is 23.5 Å². The Morgan fingerprint density at radius 2 is 1.68 bits per heavy atom. The lowest BCUT2D eigenvalue weighted by Gasteiger charge is -2.40. The van der Waals surface area contributed by atoms with Gasteiger partial charge in [-0.2, -0.15) is 0 Å². The van der Waals surface area contributed by atoms with Gasteiger partial charge in [0.05, 0.1) is 11.3 Å². The maximum Gasteiger partial charge on any atom is 0.233 e. The zero-order valence-corrected chi connectivity index (χ0v) is 26.7. The van der Waals surface area contributed by atoms with Crippen molar-refractivity contribution < 1.29 is 9.59 Å². The zero-order chi connectivity index (χ0) is 30.5. The summed E-state index contributed by atoms with van der Waals surface area (Å²) in [5.41, 5.74) is 5.10. The molecule has 6 rings (SSSR count). The number of amides is 2. The van der Waals surface area contributed by atoms with Crippen LogP contribution in [0.5, 0.6) is 0 Å². The van der Waals surface area contributed by atoms with Gasteiger partial charge in [-0.25, -0.2) is 4.98 Å². The van der Waals surface area contributed by atoms with Gasteiger partial charge in [0.1, 0.15) is 5.52 Å². The number of hydrogen-bond acceptors (Lipinski definition) is 7. The lowest BCUT2D eigenvalue weighted by Crippen LogP contribution is -2.55. The molecule has 0 bridgehead atoms. The van der Waals surface area contributed by atoms with E-state index in [4.69, 9.17) is 4.98 Å². The third-order valence-corrected chi connectivity index (χ3v) is 9.88. The van der Waals surface area contributed by atoms with Crippen molar-refractivity contribution in [1.82, 2.24) is 29.5 Å². The predicted molar refractivity (Wildman–Crippen MR) is 178 cm³/mol. The summed E-state index contributed by atoms with van der Waals surface area (Å²) in [5, 5.41) is 10.7. The number of thioether (sulfide) groups is 2. The fourth-order valence-corrected chi connectivity index (χ4v) is 7.21. The molecular formula is C34H36N6O2S2. The number of aryl methyl sites for hydroxylation is 1. The Morgan fingerprint density at radius 1 is 0.909 bits per heavy atom. The molecule has 1 atom stereocenters. The second-order valence-electron chi connectivity index (χ2n) is 11.2. The minimum Gasteiger partial charge on any atom is -0.339 e. The number of carbonyl (C=O) groups is 2. The summed E-state index contributed by atoms with van der Waals surface area (Å²) in [6.45, 7) is 6.53. The Morgan fingerprint density at radius 3 is 2.45 bits per heavy atom. The van der Waals surface area contributed by atoms with Crippen LogP contribution in [-0.4, -0.2) is 78.5 Å². The van der Waals surface area contributed by atoms with Gasteiger partial charge in [0.15, 0.2) is 5.65 Å². The van der Waals surface area contributed by atoms with Crippen LogP contribution in [0.15, 0.2) is 88.9 Å². The maximum atomic E-state index is 13.0. The van der Waals surface area contributed by atoms with E-state index in [1.165, 1.54) is 22.9 Å². The van der Waals surface area contributed by atoms with E-state index in [0.717, 1.165) is 39.1 Å². The van der Waals surface area contributed by atoms with Crippen molar-refractivity contribution in [3.8, 4) is 0 Å². The largest absolute Gasteiger partial charge is 0.339 e. The van der Waals surface area contributed by atoms with E-state index in [1.807, 2.05) is 53.1 Å². The molecule has 0 aliphatic carbocycles. The fraction of sp³-hybridized carbons (Fsp3) is 0.324. The van der Waals surface area contributed by atoms with Crippen LogP contribution in [0, 0.1) is 6.92 Å². The summed E-state index contributed by atoms with van der Waals surface area (Å²) >= 11 is 3.09. The lowest BCUT2D eigenvalue weighted by atomic mass is 10.1. The number of carbonyl (C=O) groups excluding carboxylic acids is 2. The van der Waals surface area contributed by atoms with Crippen LogP contribution in [0.4, 0.5) is 0 Å². The first-order chi connectivity index (χ1) is 21.5. The molecule has 10 heteroatoms. The number of rotatable bonds is 10. The molecule has 3 heterocycles. The molecule has 1 fully saturated rings. The standard InChI is InChI=1S/C34H36N6O2S2/c1-24-15-16-29-28(20-24)32-33(40(29)22-26-10-5-3-6-11-26)35-34(37-36-32)43-19-9-14-30(41)38-17-18-39(25(2)21-38)31(42)23-44-27-12-7-4-8-13-27/h3-8,10-13,15-16,20,25H,9,14,17-19,21-23H2,1-2H3. The molecule has 8 nitrogen and oxygen atoms in total. The number of fused-ring (bicyclic) bond motifs is 3. The highest BCUT2D eigenvalue weighted by atomic mass is 32.2. The van der Waals surface area contributed by atoms with Crippen molar-refractivity contribution in [2.45, 2.75) is 49.3 Å². The van der Waals surface area contributed by atoms with Crippen LogP contribution in [0.1, 0.15) is 30.9 Å². The first-order valence-corrected chi connectivity index (χ1v) is 17.0. The maximum absolute atomic E-state index is 13.0. The van der Waals surface area contributed by atoms with E-state index in [0.29, 0.717) is 43.5 Å². The Hall–Kier alpha value is -3.89. The molecule has 0 spiro atoms. The van der Waals surface area contributed by atoms with Crippen molar-refractivity contribution in [3.05, 3.63) is 90.0 Å². The normalized spacial score (nSPS) is 15.3. The van der Waals surface area contributed by atoms with Gasteiger partial charge in [-0.05, 0) is 50.1 Å². The third kappa shape index (κ3) is 6.92. The average Bonchev–Trinajstić information content (AvgIpc) is 3.34. The fourth-order valence-electron chi connectivity index (χ4n) is 5.69. The molecule has 1 saturated heterocycles. The first kappa shape index (κ1) is 30.1. The molecule has 2 aromatic heterocycles. The van der Waals surface area contributed by atoms with E-state index >= 15 is 0 Å². The molecule has 1 aliphatic heterocycles. The number of hydrogen-bond donors (Lipinski definition) is 0. The summed E-state index contributed by atoms with van der Waals surface area (Å²) in [6, 6.07) is 26.7. The smallest absolute Gasteiger partial charge is 0.233 e. The Labute approximate surface area is 266 Å². The third-order valence-electron chi connectivity index (χ3n) is 7.96. The zero-order valence-electron chi connectivity index (χ0n) is 25.1. The molecule has 44 heavy (non-hydrogen) atoms. The summed E-state index contributed by atoms with van der Waals surface area (Å²) in [6.07, 6.45) is 1.18. The minimum absolute atomic E-state index is 0.00331. The van der Waals surface area contributed by atoms with Gasteiger partial charge in [-0.15, -0.1) is 22.0 Å². The van der Waals surface area contributed by atoms with Crippen LogP contribution in [0.25, 0.3) is 22.1 Å². The van der Waals surface area contributed by atoms with Gasteiger partial charge in [0.2, 0.25) is 17.0 Å². The topological polar surface area (TPSA) is 84.2 Å². The predicted octanol–water partition coefficient (Wildman–Crippen LogP) is 6.06. The minimum atomic E-state index is 0.00331. The van der Waals surface area contributed by atoms with Crippen molar-refractivity contribution in [2.75, 3.05) is 31.1 Å². The van der Waals surface area contributed by atoms with E-state index in [2.05, 4.69) is 64.2 Å². The second-order valence-corrected chi connectivity index (χ2v) is 13.3. The van der Waals surface area contributed by atoms with Gasteiger partial charge in [0.25, 0.3) is 0 Å². The van der Waals surface area contributed by atoms with Crippen LogP contribution in [0.2, 0.25) is 0 Å². The molecule has 0 saturated carbocycles. The van der Waals surface area contributed by atoms with Gasteiger partial charge in [-0.3, -0.25) is 9.59 Å². The quantitative estimate of drug-likeness (QED) is 0.138. The van der Waals surface area contributed by atoms with Crippen molar-refractivity contribution in [3.63, 3.8) is 0 Å². The molecular weight excluding hydrogens is 589 g/mol. The summed E-state index contributed by atoms with van der Waals surface area (Å²) in [5.74, 6) is 1.39. The van der Waals surface area contributed by atoms with Crippen molar-refractivity contribution in [2.24, 2.45) is 0 Å². The van der Waals surface area contributed by atoms with Crippen LogP contribution in [-0.2, 0) is 16.1 Å². The molecule has 1 unspecified atom stereocenters. The number of piperazine rings is 1. The second kappa shape index (κ2) is 13.8. The Balaban J connectivity index is 1.03. The van der Waals surface area contributed by atoms with E-state index in [-0.39, 0.29) is 17.9 Å². The van der Waals surface area contributed by atoms with E-state index < -0.39 is 0 Å². The molecule has 1 aliphatic rings. The Bertz CT molecular complexity index is 1760. The molecule has 0 radical (unpaired) electrons. The molecule has 5 aromatic rings. The molecule has 226 valence electrons. The summed E-state index contributed by atoms with van der Waals surface area (Å²) in [7, 11) is 0. The highest BCUT2D eigenvalue weighted by Crippen LogP contribution is 2.29. The van der Waals surface area contributed by atoms with Gasteiger partial charge in [-0.1, -0.05) is 71.9 Å². The number of benzene rings is 3. The Kier molecular flexibility index (Phi) is 9.47.